The van der Waals surface area contributed by atoms with Gasteiger partial charge in [-0.1, -0.05) is 31.5 Å². The number of rotatable bonds is 2. The van der Waals surface area contributed by atoms with Gasteiger partial charge in [-0.2, -0.15) is 0 Å². The molecule has 0 spiro atoms. The molecule has 0 aromatic heterocycles. The second kappa shape index (κ2) is 4.70. The molecule has 0 heterocycles. The highest BCUT2D eigenvalue weighted by Gasteiger charge is 2.17. The SMILES string of the molecule is FC(F)C(=S)NC1CCCCC1. The average molecular weight is 193 g/mol. The smallest absolute Gasteiger partial charge is 0.288 e. The fourth-order valence-electron chi connectivity index (χ4n) is 1.51. The number of hydrogen-bond donors (Lipinski definition) is 1. The highest BCUT2D eigenvalue weighted by Crippen LogP contribution is 2.17. The van der Waals surface area contributed by atoms with Crippen molar-refractivity contribution < 1.29 is 8.78 Å². The second-order valence-corrected chi connectivity index (χ2v) is 3.58. The van der Waals surface area contributed by atoms with Gasteiger partial charge < -0.3 is 5.32 Å². The molecule has 1 aliphatic carbocycles. The van der Waals surface area contributed by atoms with Crippen LogP contribution in [0.1, 0.15) is 32.1 Å². The molecule has 0 bridgehead atoms. The fourth-order valence-corrected chi connectivity index (χ4v) is 1.68. The van der Waals surface area contributed by atoms with Gasteiger partial charge in [0.2, 0.25) is 0 Å². The molecule has 1 fully saturated rings. The normalized spacial score (nSPS) is 19.6. The minimum atomic E-state index is -2.50. The zero-order valence-corrected chi connectivity index (χ0v) is 7.67. The van der Waals surface area contributed by atoms with Crippen molar-refractivity contribution >= 4 is 17.2 Å². The van der Waals surface area contributed by atoms with Crippen LogP contribution in [0.2, 0.25) is 0 Å². The average Bonchev–Trinajstić information content (AvgIpc) is 2.06. The molecule has 1 aliphatic rings. The van der Waals surface area contributed by atoms with Gasteiger partial charge >= 0.3 is 0 Å². The van der Waals surface area contributed by atoms with Crippen LogP contribution < -0.4 is 5.32 Å². The number of halogens is 2. The molecule has 4 heteroatoms. The molecule has 0 aromatic rings. The number of nitrogens with one attached hydrogen (secondary N) is 1. The molecule has 70 valence electrons. The lowest BCUT2D eigenvalue weighted by atomic mass is 9.95. The standard InChI is InChI=1S/C8H13F2NS/c9-7(10)8(12)11-6-4-2-1-3-5-6/h6-7H,1-5H2,(H,11,12). The molecular formula is C8H13F2NS. The minimum absolute atomic E-state index is 0.195. The van der Waals surface area contributed by atoms with Gasteiger partial charge in [0.25, 0.3) is 6.43 Å². The maximum absolute atomic E-state index is 12.0. The van der Waals surface area contributed by atoms with Crippen LogP contribution in [0.25, 0.3) is 0 Å². The summed E-state index contributed by atoms with van der Waals surface area (Å²) in [5, 5.41) is 2.70. The van der Waals surface area contributed by atoms with Crippen molar-refractivity contribution in [1.29, 1.82) is 0 Å². The van der Waals surface area contributed by atoms with Gasteiger partial charge in [-0.3, -0.25) is 0 Å². The third-order valence-electron chi connectivity index (χ3n) is 2.15. The Bertz CT molecular complexity index is 155. The lowest BCUT2D eigenvalue weighted by molar-refractivity contribution is 0.221. The van der Waals surface area contributed by atoms with Gasteiger partial charge in [0.05, 0.1) is 0 Å². The molecule has 0 saturated heterocycles. The van der Waals surface area contributed by atoms with Gasteiger partial charge in [-0.05, 0) is 12.8 Å². The van der Waals surface area contributed by atoms with Crippen molar-refractivity contribution in [2.45, 2.75) is 44.6 Å². The first kappa shape index (κ1) is 9.84. The topological polar surface area (TPSA) is 12.0 Å². The molecule has 1 N–H and O–H groups in total. The van der Waals surface area contributed by atoms with Crippen molar-refractivity contribution in [2.24, 2.45) is 0 Å². The molecule has 1 rings (SSSR count). The Morgan fingerprint density at radius 2 is 1.83 bits per heavy atom. The molecule has 12 heavy (non-hydrogen) atoms. The van der Waals surface area contributed by atoms with Crippen LogP contribution in [-0.4, -0.2) is 17.5 Å². The van der Waals surface area contributed by atoms with Crippen molar-refractivity contribution in [3.05, 3.63) is 0 Å². The van der Waals surface area contributed by atoms with Crippen LogP contribution in [0.3, 0.4) is 0 Å². The van der Waals surface area contributed by atoms with E-state index in [0.717, 1.165) is 25.7 Å². The molecule has 0 unspecified atom stereocenters. The van der Waals surface area contributed by atoms with Gasteiger partial charge in [-0.15, -0.1) is 0 Å². The van der Waals surface area contributed by atoms with Crippen LogP contribution in [0, 0.1) is 0 Å². The van der Waals surface area contributed by atoms with Crippen LogP contribution in [-0.2, 0) is 0 Å². The van der Waals surface area contributed by atoms with E-state index in [-0.39, 0.29) is 11.0 Å². The van der Waals surface area contributed by atoms with Crippen molar-refractivity contribution in [3.63, 3.8) is 0 Å². The third-order valence-corrected chi connectivity index (χ3v) is 2.45. The summed E-state index contributed by atoms with van der Waals surface area (Å²) in [7, 11) is 0. The highest BCUT2D eigenvalue weighted by atomic mass is 32.1. The van der Waals surface area contributed by atoms with E-state index in [1.807, 2.05) is 0 Å². The summed E-state index contributed by atoms with van der Waals surface area (Å²) in [5.74, 6) is 0. The Kier molecular flexibility index (Phi) is 3.85. The first-order valence-electron chi connectivity index (χ1n) is 4.28. The molecule has 1 nitrogen and oxygen atoms in total. The van der Waals surface area contributed by atoms with E-state index in [2.05, 4.69) is 17.5 Å². The highest BCUT2D eigenvalue weighted by molar-refractivity contribution is 7.80. The summed E-state index contributed by atoms with van der Waals surface area (Å²) in [6.45, 7) is 0. The van der Waals surface area contributed by atoms with Gasteiger partial charge in [0, 0.05) is 6.04 Å². The molecular weight excluding hydrogens is 180 g/mol. The predicted octanol–water partition coefficient (Wildman–Crippen LogP) is 2.50. The molecule has 0 radical (unpaired) electrons. The van der Waals surface area contributed by atoms with E-state index in [0.29, 0.717) is 0 Å². The monoisotopic (exact) mass is 193 g/mol. The lowest BCUT2D eigenvalue weighted by Crippen LogP contribution is -2.38. The molecule has 0 aliphatic heterocycles. The summed E-state index contributed by atoms with van der Waals surface area (Å²) in [5.41, 5.74) is 0. The Hall–Kier alpha value is -0.250. The summed E-state index contributed by atoms with van der Waals surface area (Å²) >= 11 is 4.50. The maximum atomic E-state index is 12.0. The Morgan fingerprint density at radius 3 is 2.33 bits per heavy atom. The minimum Gasteiger partial charge on any atom is -0.372 e. The van der Waals surface area contributed by atoms with Gasteiger partial charge in [-0.25, -0.2) is 8.78 Å². The van der Waals surface area contributed by atoms with Crippen LogP contribution >= 0.6 is 12.2 Å². The van der Waals surface area contributed by atoms with Crippen molar-refractivity contribution in [2.75, 3.05) is 0 Å². The van der Waals surface area contributed by atoms with Crippen LogP contribution in [0.15, 0.2) is 0 Å². The first-order chi connectivity index (χ1) is 5.70. The zero-order valence-electron chi connectivity index (χ0n) is 6.85. The lowest BCUT2D eigenvalue weighted by Gasteiger charge is -2.23. The largest absolute Gasteiger partial charge is 0.372 e. The van der Waals surface area contributed by atoms with E-state index in [4.69, 9.17) is 0 Å². The van der Waals surface area contributed by atoms with Gasteiger partial charge in [0.15, 0.2) is 0 Å². The third kappa shape index (κ3) is 3.01. The van der Waals surface area contributed by atoms with E-state index < -0.39 is 6.43 Å². The number of thiocarbonyl (C=S) groups is 1. The Labute approximate surface area is 76.5 Å². The predicted molar refractivity (Wildman–Crippen MR) is 48.6 cm³/mol. The first-order valence-corrected chi connectivity index (χ1v) is 4.69. The van der Waals surface area contributed by atoms with E-state index >= 15 is 0 Å². The van der Waals surface area contributed by atoms with Crippen molar-refractivity contribution in [1.82, 2.24) is 5.32 Å². The molecule has 1 saturated carbocycles. The van der Waals surface area contributed by atoms with E-state index in [1.54, 1.807) is 0 Å². The summed E-state index contributed by atoms with van der Waals surface area (Å²) in [6.07, 6.45) is 2.94. The Morgan fingerprint density at radius 1 is 1.25 bits per heavy atom. The molecule has 0 atom stereocenters. The zero-order chi connectivity index (χ0) is 8.97. The number of alkyl halides is 2. The van der Waals surface area contributed by atoms with Crippen molar-refractivity contribution in [3.8, 4) is 0 Å². The maximum Gasteiger partial charge on any atom is 0.288 e. The Balaban J connectivity index is 2.24. The van der Waals surface area contributed by atoms with Crippen LogP contribution in [0.4, 0.5) is 8.78 Å². The summed E-state index contributed by atoms with van der Waals surface area (Å²) < 4.78 is 24.0. The number of hydrogen-bond acceptors (Lipinski definition) is 1. The molecule has 0 amide bonds. The fraction of sp³-hybridized carbons (Fsp3) is 0.875. The summed E-state index contributed by atoms with van der Waals surface area (Å²) in [6, 6.07) is 0.195. The molecule has 0 aromatic carbocycles. The second-order valence-electron chi connectivity index (χ2n) is 3.14. The van der Waals surface area contributed by atoms with E-state index in [1.165, 1.54) is 6.42 Å². The van der Waals surface area contributed by atoms with Crippen LogP contribution in [0.5, 0.6) is 0 Å². The van der Waals surface area contributed by atoms with E-state index in [9.17, 15) is 8.78 Å². The summed E-state index contributed by atoms with van der Waals surface area (Å²) in [4.78, 5) is -0.290. The van der Waals surface area contributed by atoms with Gasteiger partial charge in [0.1, 0.15) is 4.99 Å². The quantitative estimate of drug-likeness (QED) is 0.676.